The second-order valence-electron chi connectivity index (χ2n) is 2.48. The lowest BCUT2D eigenvalue weighted by Crippen LogP contribution is -2.06. The molecule has 1 aliphatic rings. The molecule has 1 aliphatic heterocycles. The molecule has 0 radical (unpaired) electrons. The maximum atomic E-state index is 4.28. The van der Waals surface area contributed by atoms with E-state index in [2.05, 4.69) is 42.2 Å². The predicted molar refractivity (Wildman–Crippen MR) is 58.5 cm³/mol. The van der Waals surface area contributed by atoms with Crippen LogP contribution in [0.15, 0.2) is 26.1 Å². The van der Waals surface area contributed by atoms with Gasteiger partial charge in [-0.05, 0) is 28.1 Å². The van der Waals surface area contributed by atoms with Gasteiger partial charge >= 0.3 is 0 Å². The van der Waals surface area contributed by atoms with Crippen LogP contribution >= 0.6 is 31.9 Å². The molecule has 0 saturated heterocycles. The number of halogens is 2. The van der Waals surface area contributed by atoms with E-state index in [1.165, 1.54) is 0 Å². The van der Waals surface area contributed by atoms with Crippen LogP contribution in [-0.4, -0.2) is 12.8 Å². The molecular weight excluding hydrogens is 284 g/mol. The van der Waals surface area contributed by atoms with Gasteiger partial charge in [-0.15, -0.1) is 0 Å². The van der Waals surface area contributed by atoms with Gasteiger partial charge in [0.05, 0.1) is 12.2 Å². The van der Waals surface area contributed by atoms with Crippen molar-refractivity contribution in [2.75, 3.05) is 11.9 Å². The average Bonchev–Trinajstić information content (AvgIpc) is 2.04. The van der Waals surface area contributed by atoms with Gasteiger partial charge in [-0.1, -0.05) is 15.9 Å². The summed E-state index contributed by atoms with van der Waals surface area (Å²) in [5.41, 5.74) is 2.04. The quantitative estimate of drug-likeness (QED) is 0.778. The third-order valence-corrected chi connectivity index (χ3v) is 2.69. The maximum absolute atomic E-state index is 4.28. The molecule has 0 aromatic heterocycles. The number of nitrogens with one attached hydrogen (secondary N) is 1. The van der Waals surface area contributed by atoms with Gasteiger partial charge in [0.25, 0.3) is 0 Å². The Kier molecular flexibility index (Phi) is 2.19. The van der Waals surface area contributed by atoms with Gasteiger partial charge in [-0.3, -0.25) is 4.99 Å². The fraction of sp³-hybridized carbons (Fsp3) is 0.125. The zero-order chi connectivity index (χ0) is 8.55. The lowest BCUT2D eigenvalue weighted by molar-refractivity contribution is 1.32. The minimum absolute atomic E-state index is 0.801. The Balaban J connectivity index is 2.62. The van der Waals surface area contributed by atoms with Crippen molar-refractivity contribution in [1.29, 1.82) is 0 Å². The third kappa shape index (κ3) is 1.41. The monoisotopic (exact) mass is 288 g/mol. The van der Waals surface area contributed by atoms with Crippen LogP contribution in [0.2, 0.25) is 0 Å². The first kappa shape index (κ1) is 8.26. The first-order valence-electron chi connectivity index (χ1n) is 3.53. The highest BCUT2D eigenvalue weighted by Crippen LogP contribution is 2.37. The molecule has 0 atom stereocenters. The van der Waals surface area contributed by atoms with Crippen molar-refractivity contribution in [1.82, 2.24) is 0 Å². The predicted octanol–water partition coefficient (Wildman–Crippen LogP) is 3.34. The molecule has 0 fully saturated rings. The normalized spacial score (nSPS) is 13.8. The minimum Gasteiger partial charge on any atom is -0.378 e. The lowest BCUT2D eigenvalue weighted by atomic mass is 10.2. The summed E-state index contributed by atoms with van der Waals surface area (Å²) in [6.45, 7) is 0.801. The number of hydrogen-bond donors (Lipinski definition) is 1. The Labute approximate surface area is 87.3 Å². The summed E-state index contributed by atoms with van der Waals surface area (Å²) in [4.78, 5) is 4.28. The molecule has 12 heavy (non-hydrogen) atoms. The van der Waals surface area contributed by atoms with Crippen LogP contribution in [0.3, 0.4) is 0 Å². The van der Waals surface area contributed by atoms with Crippen molar-refractivity contribution < 1.29 is 0 Å². The molecular formula is C8H6Br2N2. The summed E-state index contributed by atoms with van der Waals surface area (Å²) in [5, 5.41) is 3.23. The van der Waals surface area contributed by atoms with Crippen molar-refractivity contribution in [3.05, 3.63) is 21.1 Å². The fourth-order valence-electron chi connectivity index (χ4n) is 1.12. The van der Waals surface area contributed by atoms with Crippen LogP contribution < -0.4 is 5.32 Å². The van der Waals surface area contributed by atoms with Gasteiger partial charge < -0.3 is 5.32 Å². The summed E-state index contributed by atoms with van der Waals surface area (Å²) in [5.74, 6) is 0. The molecule has 0 bridgehead atoms. The zero-order valence-electron chi connectivity index (χ0n) is 6.14. The lowest BCUT2D eigenvalue weighted by Gasteiger charge is -2.13. The first-order chi connectivity index (χ1) is 5.77. The van der Waals surface area contributed by atoms with Crippen molar-refractivity contribution in [3.8, 4) is 0 Å². The van der Waals surface area contributed by atoms with Crippen molar-refractivity contribution in [2.24, 2.45) is 4.99 Å². The van der Waals surface area contributed by atoms with Crippen LogP contribution in [0.4, 0.5) is 11.4 Å². The standard InChI is InChI=1S/C8H6Br2N2/c9-5-3-6(10)8-7(4-5)11-1-2-12-8/h2-4,11H,1H2. The second kappa shape index (κ2) is 3.18. The van der Waals surface area contributed by atoms with E-state index in [9.17, 15) is 0 Å². The Hall–Kier alpha value is -0.350. The Morgan fingerprint density at radius 2 is 2.17 bits per heavy atom. The molecule has 1 heterocycles. The molecule has 1 aromatic carbocycles. The summed E-state index contributed by atoms with van der Waals surface area (Å²) in [6.07, 6.45) is 1.86. The Morgan fingerprint density at radius 1 is 1.33 bits per heavy atom. The number of rotatable bonds is 0. The summed E-state index contributed by atoms with van der Waals surface area (Å²) in [7, 11) is 0. The highest BCUT2D eigenvalue weighted by atomic mass is 79.9. The SMILES string of the molecule is Brc1cc(Br)c2c(c1)NCC=N2. The van der Waals surface area contributed by atoms with E-state index in [1.807, 2.05) is 18.3 Å². The molecule has 0 amide bonds. The third-order valence-electron chi connectivity index (χ3n) is 1.63. The molecule has 0 spiro atoms. The van der Waals surface area contributed by atoms with Crippen LogP contribution in [0.5, 0.6) is 0 Å². The number of aliphatic imine (C=N–C) groups is 1. The van der Waals surface area contributed by atoms with Crippen LogP contribution in [0, 0.1) is 0 Å². The van der Waals surface area contributed by atoms with Crippen molar-refractivity contribution in [2.45, 2.75) is 0 Å². The number of anilines is 1. The van der Waals surface area contributed by atoms with Crippen LogP contribution in [-0.2, 0) is 0 Å². The van der Waals surface area contributed by atoms with E-state index in [-0.39, 0.29) is 0 Å². The van der Waals surface area contributed by atoms with Gasteiger partial charge in [0, 0.05) is 15.2 Å². The molecule has 62 valence electrons. The summed E-state index contributed by atoms with van der Waals surface area (Å²) in [6, 6.07) is 4.01. The fourth-order valence-corrected chi connectivity index (χ4v) is 2.45. The smallest absolute Gasteiger partial charge is 0.100 e. The average molecular weight is 290 g/mol. The minimum atomic E-state index is 0.801. The molecule has 2 rings (SSSR count). The highest BCUT2D eigenvalue weighted by molar-refractivity contribution is 9.11. The Morgan fingerprint density at radius 3 is 3.00 bits per heavy atom. The largest absolute Gasteiger partial charge is 0.378 e. The highest BCUT2D eigenvalue weighted by Gasteiger charge is 2.09. The van der Waals surface area contributed by atoms with E-state index in [1.54, 1.807) is 0 Å². The Bertz CT molecular complexity index is 347. The number of nitrogens with zero attached hydrogens (tertiary/aromatic N) is 1. The van der Waals surface area contributed by atoms with E-state index in [4.69, 9.17) is 0 Å². The zero-order valence-corrected chi connectivity index (χ0v) is 9.31. The number of benzene rings is 1. The number of hydrogen-bond acceptors (Lipinski definition) is 2. The molecule has 2 nitrogen and oxygen atoms in total. The molecule has 1 N–H and O–H groups in total. The summed E-state index contributed by atoms with van der Waals surface area (Å²) >= 11 is 6.87. The van der Waals surface area contributed by atoms with Crippen molar-refractivity contribution >= 4 is 49.4 Å². The van der Waals surface area contributed by atoms with Gasteiger partial charge in [-0.25, -0.2) is 0 Å². The topological polar surface area (TPSA) is 24.4 Å². The maximum Gasteiger partial charge on any atom is 0.100 e. The van der Waals surface area contributed by atoms with E-state index in [0.717, 1.165) is 26.9 Å². The molecule has 0 saturated carbocycles. The van der Waals surface area contributed by atoms with Gasteiger partial charge in [0.2, 0.25) is 0 Å². The van der Waals surface area contributed by atoms with Gasteiger partial charge in [-0.2, -0.15) is 0 Å². The molecule has 0 unspecified atom stereocenters. The van der Waals surface area contributed by atoms with E-state index >= 15 is 0 Å². The molecule has 0 aliphatic carbocycles. The molecule has 4 heteroatoms. The van der Waals surface area contributed by atoms with Gasteiger partial charge in [0.15, 0.2) is 0 Å². The second-order valence-corrected chi connectivity index (χ2v) is 4.25. The van der Waals surface area contributed by atoms with Crippen molar-refractivity contribution in [3.63, 3.8) is 0 Å². The van der Waals surface area contributed by atoms with E-state index in [0.29, 0.717) is 0 Å². The van der Waals surface area contributed by atoms with Crippen LogP contribution in [0.25, 0.3) is 0 Å². The van der Waals surface area contributed by atoms with Crippen LogP contribution in [0.1, 0.15) is 0 Å². The van der Waals surface area contributed by atoms with E-state index < -0.39 is 0 Å². The molecule has 1 aromatic rings. The number of fused-ring (bicyclic) bond motifs is 1. The van der Waals surface area contributed by atoms with Gasteiger partial charge in [0.1, 0.15) is 5.69 Å². The first-order valence-corrected chi connectivity index (χ1v) is 5.11. The summed E-state index contributed by atoms with van der Waals surface area (Å²) < 4.78 is 2.06.